The van der Waals surface area contributed by atoms with Crippen LogP contribution >= 0.6 is 22.6 Å². The van der Waals surface area contributed by atoms with Crippen LogP contribution in [-0.2, 0) is 19.6 Å². The quantitative estimate of drug-likeness (QED) is 0.486. The first kappa shape index (κ1) is 25.6. The van der Waals surface area contributed by atoms with Gasteiger partial charge in [0.25, 0.3) is 0 Å². The molecule has 1 unspecified atom stereocenters. The summed E-state index contributed by atoms with van der Waals surface area (Å²) in [7, 11) is -3.58. The number of carbonyl (C=O) groups excluding carboxylic acids is 2. The SMILES string of the molecule is Cc1ccc(S(=O)(=O)N2CCC(C(=O)NC(C(=O)Nc3cccc(I)c3)C(C)C)CC2)cc1. The maximum Gasteiger partial charge on any atom is 0.247 e. The van der Waals surface area contributed by atoms with Gasteiger partial charge in [-0.15, -0.1) is 0 Å². The van der Waals surface area contributed by atoms with Crippen LogP contribution in [0.4, 0.5) is 5.69 Å². The number of carbonyl (C=O) groups is 2. The number of sulfonamides is 1. The summed E-state index contributed by atoms with van der Waals surface area (Å²) in [6, 6.07) is 13.6. The fourth-order valence-corrected chi connectivity index (χ4v) is 5.82. The third-order valence-electron chi connectivity index (χ3n) is 5.82. The normalized spacial score (nSPS) is 16.4. The second-order valence-electron chi connectivity index (χ2n) is 8.72. The summed E-state index contributed by atoms with van der Waals surface area (Å²) in [5, 5.41) is 5.77. The van der Waals surface area contributed by atoms with E-state index >= 15 is 0 Å². The van der Waals surface area contributed by atoms with E-state index in [4.69, 9.17) is 0 Å². The first-order chi connectivity index (χ1) is 15.6. The monoisotopic (exact) mass is 583 g/mol. The van der Waals surface area contributed by atoms with Crippen molar-refractivity contribution in [2.75, 3.05) is 18.4 Å². The zero-order valence-corrected chi connectivity index (χ0v) is 22.0. The average molecular weight is 583 g/mol. The van der Waals surface area contributed by atoms with Gasteiger partial charge in [0.1, 0.15) is 6.04 Å². The number of nitrogens with one attached hydrogen (secondary N) is 2. The highest BCUT2D eigenvalue weighted by molar-refractivity contribution is 14.1. The number of rotatable bonds is 7. The Balaban J connectivity index is 1.59. The van der Waals surface area contributed by atoms with Crippen LogP contribution in [-0.4, -0.2) is 43.7 Å². The molecular weight excluding hydrogens is 553 g/mol. The molecule has 0 spiro atoms. The second-order valence-corrected chi connectivity index (χ2v) is 11.9. The molecule has 1 fully saturated rings. The number of aryl methyl sites for hydroxylation is 1. The molecule has 2 N–H and O–H groups in total. The fraction of sp³-hybridized carbons (Fsp3) is 0.417. The average Bonchev–Trinajstić information content (AvgIpc) is 2.77. The van der Waals surface area contributed by atoms with Gasteiger partial charge in [-0.1, -0.05) is 37.6 Å². The van der Waals surface area contributed by atoms with Gasteiger partial charge < -0.3 is 10.6 Å². The number of hydrogen-bond acceptors (Lipinski definition) is 4. The van der Waals surface area contributed by atoms with Gasteiger partial charge >= 0.3 is 0 Å². The number of halogens is 1. The molecule has 0 aromatic heterocycles. The minimum Gasteiger partial charge on any atom is -0.344 e. The van der Waals surface area contributed by atoms with E-state index in [9.17, 15) is 18.0 Å². The van der Waals surface area contributed by atoms with E-state index in [1.165, 1.54) is 4.31 Å². The van der Waals surface area contributed by atoms with Gasteiger partial charge in [0, 0.05) is 28.3 Å². The number of hydrogen-bond donors (Lipinski definition) is 2. The van der Waals surface area contributed by atoms with Crippen LogP contribution in [0.2, 0.25) is 0 Å². The second kappa shape index (κ2) is 11.0. The van der Waals surface area contributed by atoms with Gasteiger partial charge in [-0.3, -0.25) is 9.59 Å². The van der Waals surface area contributed by atoms with Crippen LogP contribution in [0.1, 0.15) is 32.3 Å². The lowest BCUT2D eigenvalue weighted by molar-refractivity contribution is -0.130. The first-order valence-electron chi connectivity index (χ1n) is 11.0. The van der Waals surface area contributed by atoms with E-state index in [-0.39, 0.29) is 41.6 Å². The lowest BCUT2D eigenvalue weighted by Gasteiger charge is -2.32. The molecule has 1 aliphatic rings. The predicted octanol–water partition coefficient (Wildman–Crippen LogP) is 3.78. The predicted molar refractivity (Wildman–Crippen MR) is 137 cm³/mol. The molecule has 2 aromatic carbocycles. The molecule has 33 heavy (non-hydrogen) atoms. The minimum absolute atomic E-state index is 0.0984. The summed E-state index contributed by atoms with van der Waals surface area (Å²) < 4.78 is 28.2. The third-order valence-corrected chi connectivity index (χ3v) is 8.41. The van der Waals surface area contributed by atoms with Gasteiger partial charge in [0.05, 0.1) is 4.90 Å². The van der Waals surface area contributed by atoms with Crippen LogP contribution in [0.3, 0.4) is 0 Å². The number of nitrogens with zero attached hydrogens (tertiary/aromatic N) is 1. The molecular formula is C24H30IN3O4S. The lowest BCUT2D eigenvalue weighted by Crippen LogP contribution is -2.50. The molecule has 2 amide bonds. The summed E-state index contributed by atoms with van der Waals surface area (Å²) in [5.41, 5.74) is 1.68. The van der Waals surface area contributed by atoms with Gasteiger partial charge in [-0.25, -0.2) is 8.42 Å². The third kappa shape index (κ3) is 6.54. The Morgan fingerprint density at radius 2 is 1.70 bits per heavy atom. The van der Waals surface area contributed by atoms with Crippen molar-refractivity contribution in [2.24, 2.45) is 11.8 Å². The summed E-state index contributed by atoms with van der Waals surface area (Å²) in [6.07, 6.45) is 0.834. The molecule has 3 rings (SSSR count). The molecule has 1 saturated heterocycles. The minimum atomic E-state index is -3.58. The van der Waals surface area contributed by atoms with Crippen molar-refractivity contribution in [3.05, 3.63) is 57.7 Å². The summed E-state index contributed by atoms with van der Waals surface area (Å²) >= 11 is 2.18. The van der Waals surface area contributed by atoms with Gasteiger partial charge in [0.15, 0.2) is 0 Å². The van der Waals surface area contributed by atoms with Gasteiger partial charge in [-0.2, -0.15) is 4.31 Å². The molecule has 7 nitrogen and oxygen atoms in total. The number of anilines is 1. The van der Waals surface area contributed by atoms with Crippen molar-refractivity contribution in [3.63, 3.8) is 0 Å². The van der Waals surface area contributed by atoms with Crippen molar-refractivity contribution >= 4 is 50.1 Å². The van der Waals surface area contributed by atoms with Crippen molar-refractivity contribution in [1.82, 2.24) is 9.62 Å². The van der Waals surface area contributed by atoms with E-state index in [2.05, 4.69) is 33.2 Å². The molecule has 1 aliphatic heterocycles. The van der Waals surface area contributed by atoms with E-state index in [0.29, 0.717) is 18.5 Å². The fourth-order valence-electron chi connectivity index (χ4n) is 3.81. The molecule has 1 heterocycles. The highest BCUT2D eigenvalue weighted by atomic mass is 127. The van der Waals surface area contributed by atoms with Crippen LogP contribution in [0, 0.1) is 22.3 Å². The zero-order valence-electron chi connectivity index (χ0n) is 19.0. The van der Waals surface area contributed by atoms with Crippen molar-refractivity contribution in [3.8, 4) is 0 Å². The highest BCUT2D eigenvalue weighted by Crippen LogP contribution is 2.25. The van der Waals surface area contributed by atoms with Crippen molar-refractivity contribution < 1.29 is 18.0 Å². The zero-order chi connectivity index (χ0) is 24.2. The van der Waals surface area contributed by atoms with Crippen LogP contribution < -0.4 is 10.6 Å². The van der Waals surface area contributed by atoms with Crippen LogP contribution in [0.15, 0.2) is 53.4 Å². The molecule has 178 valence electrons. The largest absolute Gasteiger partial charge is 0.344 e. The molecule has 9 heteroatoms. The Hall–Kier alpha value is -1.98. The van der Waals surface area contributed by atoms with E-state index in [1.807, 2.05) is 45.0 Å². The highest BCUT2D eigenvalue weighted by Gasteiger charge is 2.34. The molecule has 0 saturated carbocycles. The summed E-state index contributed by atoms with van der Waals surface area (Å²) in [4.78, 5) is 26.0. The Kier molecular flexibility index (Phi) is 8.52. The molecule has 1 atom stereocenters. The topological polar surface area (TPSA) is 95.6 Å². The Labute approximate surface area is 209 Å². The number of amides is 2. The van der Waals surface area contributed by atoms with Gasteiger partial charge in [0.2, 0.25) is 21.8 Å². The van der Waals surface area contributed by atoms with Crippen molar-refractivity contribution in [2.45, 2.75) is 44.6 Å². The van der Waals surface area contributed by atoms with E-state index in [1.54, 1.807) is 24.3 Å². The Morgan fingerprint density at radius 1 is 1.06 bits per heavy atom. The van der Waals surface area contributed by atoms with Crippen LogP contribution in [0.5, 0.6) is 0 Å². The smallest absolute Gasteiger partial charge is 0.247 e. The molecule has 2 aromatic rings. The maximum absolute atomic E-state index is 12.9. The van der Waals surface area contributed by atoms with Crippen LogP contribution in [0.25, 0.3) is 0 Å². The summed E-state index contributed by atoms with van der Waals surface area (Å²) in [6.45, 7) is 6.22. The van der Waals surface area contributed by atoms with E-state index < -0.39 is 16.1 Å². The maximum atomic E-state index is 12.9. The lowest BCUT2D eigenvalue weighted by atomic mass is 9.95. The van der Waals surface area contributed by atoms with Crippen molar-refractivity contribution in [1.29, 1.82) is 0 Å². The molecule has 0 radical (unpaired) electrons. The van der Waals surface area contributed by atoms with E-state index in [0.717, 1.165) is 9.13 Å². The first-order valence-corrected chi connectivity index (χ1v) is 13.5. The standard InChI is InChI=1S/C24H30IN3O4S/c1-16(2)22(24(30)26-20-6-4-5-19(25)15-20)27-23(29)18-11-13-28(14-12-18)33(31,32)21-9-7-17(3)8-10-21/h4-10,15-16,18,22H,11-14H2,1-3H3,(H,26,30)(H,27,29). The number of benzene rings is 2. The molecule has 0 bridgehead atoms. The summed E-state index contributed by atoms with van der Waals surface area (Å²) in [5.74, 6) is -0.904. The van der Waals surface area contributed by atoms with Gasteiger partial charge in [-0.05, 0) is 78.6 Å². The Morgan fingerprint density at radius 3 is 2.27 bits per heavy atom. The number of piperidine rings is 1. The molecule has 0 aliphatic carbocycles. The Bertz CT molecular complexity index is 1090.